The van der Waals surface area contributed by atoms with Crippen LogP contribution in [0, 0.1) is 0 Å². The SMILES string of the molecule is O=C(O)c1cncc(OCc2ccccc2C(F)(F)F)c1. The highest BCUT2D eigenvalue weighted by Crippen LogP contribution is 2.32. The highest BCUT2D eigenvalue weighted by molar-refractivity contribution is 5.87. The van der Waals surface area contributed by atoms with Crippen LogP contribution in [0.15, 0.2) is 42.7 Å². The van der Waals surface area contributed by atoms with E-state index in [-0.39, 0.29) is 23.5 Å². The molecule has 2 rings (SSSR count). The second-order valence-corrected chi connectivity index (χ2v) is 4.16. The van der Waals surface area contributed by atoms with Crippen LogP contribution in [0.3, 0.4) is 0 Å². The average Bonchev–Trinajstić information content (AvgIpc) is 2.45. The molecule has 2 aromatic rings. The lowest BCUT2D eigenvalue weighted by atomic mass is 10.1. The maximum atomic E-state index is 12.8. The number of halogens is 3. The number of rotatable bonds is 4. The first-order valence-corrected chi connectivity index (χ1v) is 5.84. The van der Waals surface area contributed by atoms with Gasteiger partial charge in [-0.1, -0.05) is 18.2 Å². The maximum absolute atomic E-state index is 12.8. The van der Waals surface area contributed by atoms with Gasteiger partial charge in [0.1, 0.15) is 12.4 Å². The van der Waals surface area contributed by atoms with Gasteiger partial charge in [-0.2, -0.15) is 13.2 Å². The van der Waals surface area contributed by atoms with Crippen molar-refractivity contribution in [3.05, 3.63) is 59.4 Å². The number of hydrogen-bond donors (Lipinski definition) is 1. The highest BCUT2D eigenvalue weighted by Gasteiger charge is 2.32. The van der Waals surface area contributed by atoms with Crippen molar-refractivity contribution in [2.24, 2.45) is 0 Å². The molecule has 0 saturated heterocycles. The molecule has 0 atom stereocenters. The zero-order valence-corrected chi connectivity index (χ0v) is 10.6. The second-order valence-electron chi connectivity index (χ2n) is 4.16. The number of pyridine rings is 1. The predicted octanol–water partition coefficient (Wildman–Crippen LogP) is 3.38. The number of aromatic carboxylic acids is 1. The Morgan fingerprint density at radius 2 is 1.95 bits per heavy atom. The number of ether oxygens (including phenoxy) is 1. The summed E-state index contributed by atoms with van der Waals surface area (Å²) in [5, 5.41) is 8.80. The summed E-state index contributed by atoms with van der Waals surface area (Å²) >= 11 is 0. The number of carboxylic acids is 1. The molecule has 0 aliphatic carbocycles. The van der Waals surface area contributed by atoms with Crippen molar-refractivity contribution in [2.75, 3.05) is 0 Å². The molecule has 0 bridgehead atoms. The lowest BCUT2D eigenvalue weighted by Gasteiger charge is -2.13. The van der Waals surface area contributed by atoms with Crippen molar-refractivity contribution in [2.45, 2.75) is 12.8 Å². The molecule has 0 fully saturated rings. The third kappa shape index (κ3) is 3.71. The van der Waals surface area contributed by atoms with E-state index in [1.165, 1.54) is 30.5 Å². The summed E-state index contributed by atoms with van der Waals surface area (Å²) in [7, 11) is 0. The molecule has 1 heterocycles. The van der Waals surface area contributed by atoms with Gasteiger partial charge in [0.25, 0.3) is 0 Å². The summed E-state index contributed by atoms with van der Waals surface area (Å²) in [6, 6.07) is 6.23. The predicted molar refractivity (Wildman–Crippen MR) is 67.0 cm³/mol. The molecular formula is C14H10F3NO3. The van der Waals surface area contributed by atoms with Crippen molar-refractivity contribution in [3.63, 3.8) is 0 Å². The monoisotopic (exact) mass is 297 g/mol. The third-order valence-electron chi connectivity index (χ3n) is 2.68. The summed E-state index contributed by atoms with van der Waals surface area (Å²) in [6.07, 6.45) is -2.11. The number of nitrogens with zero attached hydrogens (tertiary/aromatic N) is 1. The largest absolute Gasteiger partial charge is 0.487 e. The molecule has 0 spiro atoms. The molecule has 0 saturated carbocycles. The van der Waals surface area contributed by atoms with Crippen molar-refractivity contribution in [1.29, 1.82) is 0 Å². The van der Waals surface area contributed by atoms with Gasteiger partial charge < -0.3 is 9.84 Å². The van der Waals surface area contributed by atoms with Crippen molar-refractivity contribution < 1.29 is 27.8 Å². The van der Waals surface area contributed by atoms with Crippen LogP contribution in [0.2, 0.25) is 0 Å². The molecule has 0 amide bonds. The van der Waals surface area contributed by atoms with Gasteiger partial charge in [-0.05, 0) is 12.1 Å². The number of aromatic nitrogens is 1. The maximum Gasteiger partial charge on any atom is 0.416 e. The first kappa shape index (κ1) is 14.8. The lowest BCUT2D eigenvalue weighted by molar-refractivity contribution is -0.138. The standard InChI is InChI=1S/C14H10F3NO3/c15-14(16,17)12-4-2-1-3-9(12)8-21-11-5-10(13(19)20)6-18-7-11/h1-7H,8H2,(H,19,20). The van der Waals surface area contributed by atoms with Crippen LogP contribution >= 0.6 is 0 Å². The van der Waals surface area contributed by atoms with E-state index in [1.54, 1.807) is 0 Å². The van der Waals surface area contributed by atoms with Gasteiger partial charge in [0.15, 0.2) is 0 Å². The van der Waals surface area contributed by atoms with Crippen molar-refractivity contribution in [3.8, 4) is 5.75 Å². The average molecular weight is 297 g/mol. The zero-order chi connectivity index (χ0) is 15.5. The molecule has 0 aliphatic rings. The van der Waals surface area contributed by atoms with Crippen LogP contribution in [0.4, 0.5) is 13.2 Å². The Labute approximate surface area is 117 Å². The Hall–Kier alpha value is -2.57. The van der Waals surface area contributed by atoms with E-state index in [0.29, 0.717) is 0 Å². The van der Waals surface area contributed by atoms with Gasteiger partial charge >= 0.3 is 12.1 Å². The summed E-state index contributed by atoms with van der Waals surface area (Å²) in [4.78, 5) is 14.4. The number of alkyl halides is 3. The fourth-order valence-corrected chi connectivity index (χ4v) is 1.70. The Balaban J connectivity index is 2.17. The van der Waals surface area contributed by atoms with Crippen LogP contribution < -0.4 is 4.74 Å². The molecule has 110 valence electrons. The van der Waals surface area contributed by atoms with Gasteiger partial charge in [-0.15, -0.1) is 0 Å². The Morgan fingerprint density at radius 1 is 1.24 bits per heavy atom. The number of hydrogen-bond acceptors (Lipinski definition) is 3. The van der Waals surface area contributed by atoms with Gasteiger partial charge in [-0.3, -0.25) is 4.98 Å². The normalized spacial score (nSPS) is 11.2. The fraction of sp³-hybridized carbons (Fsp3) is 0.143. The molecule has 7 heteroatoms. The Kier molecular flexibility index (Phi) is 4.11. The summed E-state index contributed by atoms with van der Waals surface area (Å²) in [6.45, 7) is -0.333. The molecule has 0 radical (unpaired) electrons. The van der Waals surface area contributed by atoms with E-state index in [1.807, 2.05) is 0 Å². The number of carboxylic acid groups (broad SMARTS) is 1. The minimum atomic E-state index is -4.47. The molecule has 4 nitrogen and oxygen atoms in total. The molecular weight excluding hydrogens is 287 g/mol. The molecule has 1 aromatic carbocycles. The van der Waals surface area contributed by atoms with Gasteiger partial charge in [0, 0.05) is 11.8 Å². The Bertz CT molecular complexity index is 656. The lowest BCUT2D eigenvalue weighted by Crippen LogP contribution is -2.10. The first-order valence-electron chi connectivity index (χ1n) is 5.84. The van der Waals surface area contributed by atoms with E-state index in [4.69, 9.17) is 9.84 Å². The van der Waals surface area contributed by atoms with Crippen LogP contribution in [0.5, 0.6) is 5.75 Å². The van der Waals surface area contributed by atoms with E-state index < -0.39 is 17.7 Å². The van der Waals surface area contributed by atoms with Gasteiger partial charge in [0.05, 0.1) is 17.3 Å². The van der Waals surface area contributed by atoms with Crippen LogP contribution in [-0.4, -0.2) is 16.1 Å². The van der Waals surface area contributed by atoms with E-state index >= 15 is 0 Å². The van der Waals surface area contributed by atoms with Crippen LogP contribution in [0.1, 0.15) is 21.5 Å². The summed E-state index contributed by atoms with van der Waals surface area (Å²) in [5.41, 5.74) is -0.922. The van der Waals surface area contributed by atoms with Crippen LogP contribution in [0.25, 0.3) is 0 Å². The van der Waals surface area contributed by atoms with Gasteiger partial charge in [-0.25, -0.2) is 4.79 Å². The van der Waals surface area contributed by atoms with Crippen molar-refractivity contribution >= 4 is 5.97 Å². The fourth-order valence-electron chi connectivity index (χ4n) is 1.70. The minimum Gasteiger partial charge on any atom is -0.487 e. The van der Waals surface area contributed by atoms with Crippen molar-refractivity contribution in [1.82, 2.24) is 4.98 Å². The van der Waals surface area contributed by atoms with Crippen LogP contribution in [-0.2, 0) is 12.8 Å². The minimum absolute atomic E-state index is 0.0364. The number of benzene rings is 1. The Morgan fingerprint density at radius 3 is 2.62 bits per heavy atom. The third-order valence-corrected chi connectivity index (χ3v) is 2.68. The smallest absolute Gasteiger partial charge is 0.416 e. The molecule has 1 aromatic heterocycles. The topological polar surface area (TPSA) is 59.4 Å². The zero-order valence-electron chi connectivity index (χ0n) is 10.6. The summed E-state index contributed by atoms with van der Waals surface area (Å²) in [5.74, 6) is -1.10. The van der Waals surface area contributed by atoms with E-state index in [9.17, 15) is 18.0 Å². The van der Waals surface area contributed by atoms with Gasteiger partial charge in [0.2, 0.25) is 0 Å². The van der Waals surface area contributed by atoms with E-state index in [2.05, 4.69) is 4.98 Å². The first-order chi connectivity index (χ1) is 9.88. The summed E-state index contributed by atoms with van der Waals surface area (Å²) < 4.78 is 43.6. The second kappa shape index (κ2) is 5.82. The molecule has 0 unspecified atom stereocenters. The molecule has 21 heavy (non-hydrogen) atoms. The quantitative estimate of drug-likeness (QED) is 0.940. The molecule has 0 aliphatic heterocycles. The number of carbonyl (C=O) groups is 1. The molecule has 1 N–H and O–H groups in total. The highest BCUT2D eigenvalue weighted by atomic mass is 19.4. The van der Waals surface area contributed by atoms with E-state index in [0.717, 1.165) is 12.3 Å².